The van der Waals surface area contributed by atoms with E-state index in [9.17, 15) is 14.7 Å². The van der Waals surface area contributed by atoms with Gasteiger partial charge in [0.05, 0.1) is 13.2 Å². The quantitative estimate of drug-likeness (QED) is 0.329. The van der Waals surface area contributed by atoms with E-state index in [2.05, 4.69) is 0 Å². The number of ether oxygens (including phenoxy) is 3. The molecule has 0 unspecified atom stereocenters. The van der Waals surface area contributed by atoms with E-state index in [1.54, 1.807) is 23.6 Å². The molecule has 8 nitrogen and oxygen atoms in total. The fourth-order valence-corrected chi connectivity index (χ4v) is 5.03. The van der Waals surface area contributed by atoms with Crippen molar-refractivity contribution in [1.29, 1.82) is 0 Å². The zero-order chi connectivity index (χ0) is 25.8. The van der Waals surface area contributed by atoms with E-state index in [1.807, 2.05) is 38.1 Å². The maximum Gasteiger partial charge on any atom is 0.355 e. The summed E-state index contributed by atoms with van der Waals surface area (Å²) in [7, 11) is 0. The first-order valence-electron chi connectivity index (χ1n) is 11.6. The summed E-state index contributed by atoms with van der Waals surface area (Å²) in [6.07, 6.45) is 0.890. The van der Waals surface area contributed by atoms with Crippen LogP contribution in [0.2, 0.25) is 5.02 Å². The van der Waals surface area contributed by atoms with Gasteiger partial charge in [-0.2, -0.15) is 0 Å². The standard InChI is InChI=1S/C26H27ClN2O6S/c1-4-33-22(30)10-7-16-5-8-18(9-6-16)36-25-23(26(31)32)29(24(28-25)15(2)3)13-17-11-20-21(12-19(17)27)35-14-34-20/h5-6,8-9,11-12,15H,4,7,10,13-14H2,1-3H3,(H,31,32). The third-order valence-electron chi connectivity index (χ3n) is 5.62. The van der Waals surface area contributed by atoms with Gasteiger partial charge in [0.1, 0.15) is 10.9 Å². The second-order valence-corrected chi connectivity index (χ2v) is 9.99. The topological polar surface area (TPSA) is 99.9 Å². The lowest BCUT2D eigenvalue weighted by Gasteiger charge is -2.14. The number of benzene rings is 2. The number of esters is 1. The van der Waals surface area contributed by atoms with Crippen LogP contribution in [-0.4, -0.2) is 40.0 Å². The summed E-state index contributed by atoms with van der Waals surface area (Å²) in [5.41, 5.74) is 1.81. The molecule has 2 aromatic carbocycles. The van der Waals surface area contributed by atoms with E-state index in [4.69, 9.17) is 30.8 Å². The predicted octanol–water partition coefficient (Wildman–Crippen LogP) is 5.78. The molecule has 0 bridgehead atoms. The molecule has 0 spiro atoms. The van der Waals surface area contributed by atoms with Crippen molar-refractivity contribution < 1.29 is 28.9 Å². The molecule has 36 heavy (non-hydrogen) atoms. The Balaban J connectivity index is 1.60. The van der Waals surface area contributed by atoms with Crippen molar-refractivity contribution >= 4 is 35.3 Å². The number of carboxylic acid groups (broad SMARTS) is 1. The van der Waals surface area contributed by atoms with Gasteiger partial charge in [-0.05, 0) is 42.7 Å². The van der Waals surface area contributed by atoms with Gasteiger partial charge < -0.3 is 23.9 Å². The number of imidazole rings is 1. The average Bonchev–Trinajstić information content (AvgIpc) is 3.43. The molecule has 2 heterocycles. The molecular weight excluding hydrogens is 504 g/mol. The molecule has 3 aromatic rings. The van der Waals surface area contributed by atoms with Crippen LogP contribution in [-0.2, 0) is 22.5 Å². The number of carbonyl (C=O) groups excluding carboxylic acids is 1. The molecule has 0 saturated carbocycles. The van der Waals surface area contributed by atoms with Crippen LogP contribution in [0.4, 0.5) is 0 Å². The number of hydrogen-bond donors (Lipinski definition) is 1. The molecule has 10 heteroatoms. The van der Waals surface area contributed by atoms with Gasteiger partial charge in [0.2, 0.25) is 6.79 Å². The van der Waals surface area contributed by atoms with Crippen molar-refractivity contribution in [1.82, 2.24) is 9.55 Å². The molecule has 1 aromatic heterocycles. The third-order valence-corrected chi connectivity index (χ3v) is 6.95. The monoisotopic (exact) mass is 530 g/mol. The molecule has 4 rings (SSSR count). The Morgan fingerprint density at radius 2 is 1.89 bits per heavy atom. The predicted molar refractivity (Wildman–Crippen MR) is 135 cm³/mol. The van der Waals surface area contributed by atoms with Crippen molar-refractivity contribution in [2.75, 3.05) is 13.4 Å². The van der Waals surface area contributed by atoms with E-state index >= 15 is 0 Å². The van der Waals surface area contributed by atoms with Gasteiger partial charge >= 0.3 is 11.9 Å². The molecule has 0 saturated heterocycles. The lowest BCUT2D eigenvalue weighted by molar-refractivity contribution is -0.143. The SMILES string of the molecule is CCOC(=O)CCc1ccc(Sc2nc(C(C)C)n(Cc3cc4c(cc3Cl)OCO4)c2C(=O)O)cc1. The molecule has 1 aliphatic heterocycles. The summed E-state index contributed by atoms with van der Waals surface area (Å²) >= 11 is 7.77. The van der Waals surface area contributed by atoms with Gasteiger partial charge in [-0.25, -0.2) is 9.78 Å². The van der Waals surface area contributed by atoms with Crippen LogP contribution < -0.4 is 9.47 Å². The molecule has 0 atom stereocenters. The largest absolute Gasteiger partial charge is 0.476 e. The van der Waals surface area contributed by atoms with Crippen LogP contribution in [0.1, 0.15) is 60.5 Å². The van der Waals surface area contributed by atoms with Crippen LogP contribution >= 0.6 is 23.4 Å². The summed E-state index contributed by atoms with van der Waals surface area (Å²) < 4.78 is 17.5. The second-order valence-electron chi connectivity index (χ2n) is 8.52. The van der Waals surface area contributed by atoms with E-state index < -0.39 is 5.97 Å². The number of fused-ring (bicyclic) bond motifs is 1. The Kier molecular flexibility index (Phi) is 8.11. The second kappa shape index (κ2) is 11.3. The minimum Gasteiger partial charge on any atom is -0.476 e. The van der Waals surface area contributed by atoms with Crippen molar-refractivity contribution in [2.45, 2.75) is 56.0 Å². The van der Waals surface area contributed by atoms with Crippen molar-refractivity contribution in [3.63, 3.8) is 0 Å². The zero-order valence-electron chi connectivity index (χ0n) is 20.2. The molecular formula is C26H27ClN2O6S. The number of nitrogens with zero attached hydrogens (tertiary/aromatic N) is 2. The first kappa shape index (κ1) is 25.9. The minimum atomic E-state index is -1.07. The van der Waals surface area contributed by atoms with Crippen LogP contribution in [0, 0.1) is 0 Å². The smallest absolute Gasteiger partial charge is 0.355 e. The fraction of sp³-hybridized carbons (Fsp3) is 0.346. The number of carbonyl (C=O) groups is 2. The van der Waals surface area contributed by atoms with Crippen LogP contribution in [0.5, 0.6) is 11.5 Å². The highest BCUT2D eigenvalue weighted by Gasteiger charge is 2.26. The highest BCUT2D eigenvalue weighted by atomic mass is 35.5. The fourth-order valence-electron chi connectivity index (χ4n) is 3.89. The van der Waals surface area contributed by atoms with Gasteiger partial charge in [0.25, 0.3) is 0 Å². The molecule has 0 amide bonds. The van der Waals surface area contributed by atoms with E-state index in [0.717, 1.165) is 10.5 Å². The number of rotatable bonds is 10. The van der Waals surface area contributed by atoms with Crippen LogP contribution in [0.25, 0.3) is 0 Å². The Labute approximate surface area is 218 Å². The summed E-state index contributed by atoms with van der Waals surface area (Å²) in [5, 5.41) is 11.0. The van der Waals surface area contributed by atoms with Gasteiger partial charge in [0, 0.05) is 28.3 Å². The highest BCUT2D eigenvalue weighted by Crippen LogP contribution is 2.38. The first-order chi connectivity index (χ1) is 17.3. The average molecular weight is 531 g/mol. The highest BCUT2D eigenvalue weighted by molar-refractivity contribution is 7.99. The molecule has 1 aliphatic rings. The number of carboxylic acids is 1. The summed E-state index contributed by atoms with van der Waals surface area (Å²) in [5.74, 6) is 0.482. The zero-order valence-corrected chi connectivity index (χ0v) is 21.8. The summed E-state index contributed by atoms with van der Waals surface area (Å²) in [6, 6.07) is 11.1. The third kappa shape index (κ3) is 5.79. The van der Waals surface area contributed by atoms with E-state index in [1.165, 1.54) is 11.8 Å². The van der Waals surface area contributed by atoms with E-state index in [-0.39, 0.29) is 30.9 Å². The van der Waals surface area contributed by atoms with Crippen molar-refractivity contribution in [3.8, 4) is 11.5 Å². The Bertz CT molecular complexity index is 1270. The van der Waals surface area contributed by atoms with Crippen molar-refractivity contribution in [3.05, 3.63) is 64.1 Å². The van der Waals surface area contributed by atoms with Crippen molar-refractivity contribution in [2.24, 2.45) is 0 Å². The van der Waals surface area contributed by atoms with Gasteiger partial charge in [-0.3, -0.25) is 4.79 Å². The maximum absolute atomic E-state index is 12.4. The maximum atomic E-state index is 12.4. The Morgan fingerprint density at radius 3 is 2.53 bits per heavy atom. The molecule has 190 valence electrons. The molecule has 0 fully saturated rings. The number of aryl methyl sites for hydroxylation is 1. The molecule has 1 N–H and O–H groups in total. The molecule has 0 aliphatic carbocycles. The number of hydrogen-bond acceptors (Lipinski definition) is 7. The summed E-state index contributed by atoms with van der Waals surface area (Å²) in [6.45, 7) is 6.44. The lowest BCUT2D eigenvalue weighted by atomic mass is 10.1. The van der Waals surface area contributed by atoms with E-state index in [0.29, 0.717) is 52.4 Å². The van der Waals surface area contributed by atoms with Crippen LogP contribution in [0.15, 0.2) is 46.3 Å². The van der Waals surface area contributed by atoms with Gasteiger partial charge in [-0.1, -0.05) is 49.3 Å². The minimum absolute atomic E-state index is 0.0181. The Hall–Kier alpha value is -3.17. The van der Waals surface area contributed by atoms with Gasteiger partial charge in [-0.15, -0.1) is 0 Å². The molecule has 0 radical (unpaired) electrons. The number of aromatic nitrogens is 2. The number of aromatic carboxylic acids is 1. The lowest BCUT2D eigenvalue weighted by Crippen LogP contribution is -2.14. The Morgan fingerprint density at radius 1 is 1.19 bits per heavy atom. The first-order valence-corrected chi connectivity index (χ1v) is 12.8. The normalized spacial score (nSPS) is 12.2. The van der Waals surface area contributed by atoms with Crippen LogP contribution in [0.3, 0.4) is 0 Å². The van der Waals surface area contributed by atoms with Gasteiger partial charge in [0.15, 0.2) is 17.2 Å². The number of halogens is 1. The summed E-state index contributed by atoms with van der Waals surface area (Å²) in [4.78, 5) is 29.6.